The second-order valence-corrected chi connectivity index (χ2v) is 8.51. The number of fused-ring (bicyclic) bond motifs is 1. The number of hydrogen-bond acceptors (Lipinski definition) is 5. The van der Waals surface area contributed by atoms with Crippen molar-refractivity contribution in [2.24, 2.45) is 4.99 Å². The molecular formula is C11H16N2O4S2. The van der Waals surface area contributed by atoms with Crippen molar-refractivity contribution in [2.75, 3.05) is 25.2 Å². The predicted molar refractivity (Wildman–Crippen MR) is 73.0 cm³/mol. The van der Waals surface area contributed by atoms with Crippen molar-refractivity contribution in [3.8, 4) is 0 Å². The lowest BCUT2D eigenvalue weighted by molar-refractivity contribution is -0.126. The summed E-state index contributed by atoms with van der Waals surface area (Å²) in [6.45, 7) is 0.619. The molecule has 0 bridgehead atoms. The topological polar surface area (TPSA) is 76.0 Å². The Labute approximate surface area is 116 Å². The van der Waals surface area contributed by atoms with Gasteiger partial charge in [-0.15, -0.1) is 0 Å². The van der Waals surface area contributed by atoms with Crippen molar-refractivity contribution in [1.82, 2.24) is 4.90 Å². The minimum atomic E-state index is -2.93. The van der Waals surface area contributed by atoms with E-state index >= 15 is 0 Å². The first kappa shape index (κ1) is 13.4. The van der Waals surface area contributed by atoms with Gasteiger partial charge in [0, 0.05) is 18.9 Å². The molecule has 0 aromatic carbocycles. The fourth-order valence-electron chi connectivity index (χ4n) is 2.67. The van der Waals surface area contributed by atoms with Crippen molar-refractivity contribution in [3.63, 3.8) is 0 Å². The highest BCUT2D eigenvalue weighted by Gasteiger charge is 2.47. The van der Waals surface area contributed by atoms with E-state index in [0.717, 1.165) is 12.8 Å². The summed E-state index contributed by atoms with van der Waals surface area (Å²) >= 11 is 1.40. The number of ether oxygens (including phenoxy) is 1. The van der Waals surface area contributed by atoms with Gasteiger partial charge < -0.3 is 9.64 Å². The lowest BCUT2D eigenvalue weighted by Gasteiger charge is -2.18. The summed E-state index contributed by atoms with van der Waals surface area (Å²) < 4.78 is 28.4. The Morgan fingerprint density at radius 2 is 2.26 bits per heavy atom. The van der Waals surface area contributed by atoms with Crippen molar-refractivity contribution in [2.45, 2.75) is 30.2 Å². The minimum absolute atomic E-state index is 0.00560. The molecule has 3 heterocycles. The molecule has 0 aromatic rings. The summed E-state index contributed by atoms with van der Waals surface area (Å²) in [5, 5.41) is 0.636. The van der Waals surface area contributed by atoms with Gasteiger partial charge in [-0.1, -0.05) is 11.8 Å². The number of carbonyl (C=O) groups is 1. The molecule has 0 radical (unpaired) electrons. The summed E-state index contributed by atoms with van der Waals surface area (Å²) in [6.07, 6.45) is 1.21. The zero-order chi connectivity index (χ0) is 13.6. The third-order valence-electron chi connectivity index (χ3n) is 3.74. The lowest BCUT2D eigenvalue weighted by Crippen LogP contribution is -2.34. The molecule has 0 unspecified atom stereocenters. The maximum atomic E-state index is 11.9. The molecule has 0 spiro atoms. The molecule has 3 aliphatic heterocycles. The number of thioether (sulfide) groups is 1. The molecule has 0 aromatic heterocycles. The second-order valence-electron chi connectivity index (χ2n) is 5.15. The van der Waals surface area contributed by atoms with Gasteiger partial charge in [0.05, 0.1) is 17.5 Å². The first-order valence-electron chi connectivity index (χ1n) is 6.30. The van der Waals surface area contributed by atoms with Gasteiger partial charge in [-0.05, 0) is 12.8 Å². The Balaban J connectivity index is 1.73. The fourth-order valence-corrected chi connectivity index (χ4v) is 6.68. The van der Waals surface area contributed by atoms with Crippen LogP contribution in [-0.2, 0) is 19.4 Å². The molecule has 3 fully saturated rings. The van der Waals surface area contributed by atoms with E-state index in [1.165, 1.54) is 11.8 Å². The van der Waals surface area contributed by atoms with Crippen LogP contribution in [0.3, 0.4) is 0 Å². The number of amides is 1. The van der Waals surface area contributed by atoms with Crippen LogP contribution in [-0.4, -0.2) is 66.9 Å². The van der Waals surface area contributed by atoms with Crippen LogP contribution in [0, 0.1) is 0 Å². The molecule has 3 saturated heterocycles. The highest BCUT2D eigenvalue weighted by atomic mass is 32.2. The van der Waals surface area contributed by atoms with E-state index in [1.807, 2.05) is 4.90 Å². The van der Waals surface area contributed by atoms with Gasteiger partial charge in [-0.2, -0.15) is 4.99 Å². The quantitative estimate of drug-likeness (QED) is 0.673. The monoisotopic (exact) mass is 304 g/mol. The van der Waals surface area contributed by atoms with Crippen LogP contribution >= 0.6 is 11.8 Å². The van der Waals surface area contributed by atoms with Crippen LogP contribution in [0.5, 0.6) is 0 Å². The van der Waals surface area contributed by atoms with Crippen molar-refractivity contribution >= 4 is 32.7 Å². The number of carbonyl (C=O) groups excluding carboxylic acids is 1. The molecule has 3 atom stereocenters. The number of amidine groups is 1. The third kappa shape index (κ3) is 2.53. The highest BCUT2D eigenvalue weighted by molar-refractivity contribution is 8.15. The molecule has 3 aliphatic rings. The van der Waals surface area contributed by atoms with E-state index in [9.17, 15) is 13.2 Å². The Morgan fingerprint density at radius 1 is 1.47 bits per heavy atom. The fraction of sp³-hybridized carbons (Fsp3) is 0.818. The van der Waals surface area contributed by atoms with Crippen molar-refractivity contribution in [3.05, 3.63) is 0 Å². The zero-order valence-electron chi connectivity index (χ0n) is 10.6. The van der Waals surface area contributed by atoms with Gasteiger partial charge in [0.15, 0.2) is 15.0 Å². The van der Waals surface area contributed by atoms with E-state index in [4.69, 9.17) is 4.74 Å². The van der Waals surface area contributed by atoms with Gasteiger partial charge in [0.2, 0.25) is 0 Å². The lowest BCUT2D eigenvalue weighted by atomic mass is 10.2. The Morgan fingerprint density at radius 3 is 2.89 bits per heavy atom. The molecule has 3 rings (SSSR count). The third-order valence-corrected chi connectivity index (χ3v) is 7.04. The summed E-state index contributed by atoms with van der Waals surface area (Å²) in [4.78, 5) is 17.9. The van der Waals surface area contributed by atoms with Crippen LogP contribution in [0.2, 0.25) is 0 Å². The Hall–Kier alpha value is -0.600. The maximum Gasteiger partial charge on any atom is 0.277 e. The number of rotatable bonds is 1. The molecule has 106 valence electrons. The summed E-state index contributed by atoms with van der Waals surface area (Å²) in [6, 6.07) is -0.0500. The first-order chi connectivity index (χ1) is 8.96. The van der Waals surface area contributed by atoms with Gasteiger partial charge in [0.1, 0.15) is 6.10 Å². The van der Waals surface area contributed by atoms with Gasteiger partial charge in [-0.3, -0.25) is 4.79 Å². The average molecular weight is 304 g/mol. The second kappa shape index (κ2) is 4.75. The molecule has 0 saturated carbocycles. The Kier molecular flexibility index (Phi) is 3.34. The van der Waals surface area contributed by atoms with E-state index in [-0.39, 0.29) is 28.7 Å². The SMILES string of the molecule is CN1C(=NC(=O)[C@H]2CCCO2)S[C@@H]2CS(=O)(=O)C[C@@H]21. The summed E-state index contributed by atoms with van der Waals surface area (Å²) in [5.41, 5.74) is 0. The van der Waals surface area contributed by atoms with Crippen LogP contribution in [0.25, 0.3) is 0 Å². The predicted octanol–water partition coefficient (Wildman–Crippen LogP) is -0.108. The van der Waals surface area contributed by atoms with Crippen LogP contribution < -0.4 is 0 Å². The van der Waals surface area contributed by atoms with E-state index in [1.54, 1.807) is 7.05 Å². The normalized spacial score (nSPS) is 38.9. The van der Waals surface area contributed by atoms with Crippen molar-refractivity contribution in [1.29, 1.82) is 0 Å². The van der Waals surface area contributed by atoms with Gasteiger partial charge >= 0.3 is 0 Å². The molecular weight excluding hydrogens is 288 g/mol. The standard InChI is InChI=1S/C11H16N2O4S2/c1-13-7-5-19(15,16)6-9(7)18-11(13)12-10(14)8-3-2-4-17-8/h7-9H,2-6H2,1H3/t7-,8+,9+/m0/s1. The molecule has 0 aliphatic carbocycles. The Bertz CT molecular complexity index is 525. The number of sulfone groups is 1. The minimum Gasteiger partial charge on any atom is -0.368 e. The number of aliphatic imine (C=N–C) groups is 1. The maximum absolute atomic E-state index is 11.9. The zero-order valence-corrected chi connectivity index (χ0v) is 12.2. The van der Waals surface area contributed by atoms with Crippen LogP contribution in [0.15, 0.2) is 4.99 Å². The highest BCUT2D eigenvalue weighted by Crippen LogP contribution is 2.37. The van der Waals surface area contributed by atoms with E-state index in [0.29, 0.717) is 11.8 Å². The van der Waals surface area contributed by atoms with Crippen LogP contribution in [0.1, 0.15) is 12.8 Å². The van der Waals surface area contributed by atoms with Gasteiger partial charge in [0.25, 0.3) is 5.91 Å². The van der Waals surface area contributed by atoms with E-state index in [2.05, 4.69) is 4.99 Å². The summed E-state index contributed by atoms with van der Waals surface area (Å²) in [7, 11) is -1.13. The molecule has 19 heavy (non-hydrogen) atoms. The van der Waals surface area contributed by atoms with Crippen molar-refractivity contribution < 1.29 is 17.9 Å². The van der Waals surface area contributed by atoms with Gasteiger partial charge in [-0.25, -0.2) is 8.42 Å². The molecule has 8 heteroatoms. The largest absolute Gasteiger partial charge is 0.368 e. The number of nitrogens with zero attached hydrogens (tertiary/aromatic N) is 2. The summed E-state index contributed by atoms with van der Waals surface area (Å²) in [5.74, 6) is 0.100. The van der Waals surface area contributed by atoms with E-state index < -0.39 is 15.9 Å². The smallest absolute Gasteiger partial charge is 0.277 e. The molecule has 0 N–H and O–H groups in total. The average Bonchev–Trinajstić information content (AvgIpc) is 2.99. The van der Waals surface area contributed by atoms with Crippen LogP contribution in [0.4, 0.5) is 0 Å². The molecule has 6 nitrogen and oxygen atoms in total. The molecule has 1 amide bonds. The first-order valence-corrected chi connectivity index (χ1v) is 9.00. The number of hydrogen-bond donors (Lipinski definition) is 0.